The first-order valence-electron chi connectivity index (χ1n) is 6.01. The van der Waals surface area contributed by atoms with Crippen LogP contribution in [0, 0.1) is 5.92 Å². The standard InChI is InChI=1S/C14H19NO3/c1-9(2)12(14(17)18)15-13(16)10(3)11-7-5-4-6-8-11/h4-10,12H,1-3H3,(H,15,16)(H,17,18)/t10-,12-/m1/s1. The maximum atomic E-state index is 12.0. The molecule has 0 saturated carbocycles. The highest BCUT2D eigenvalue weighted by molar-refractivity contribution is 5.87. The topological polar surface area (TPSA) is 66.4 Å². The summed E-state index contributed by atoms with van der Waals surface area (Å²) in [4.78, 5) is 23.0. The molecule has 4 heteroatoms. The van der Waals surface area contributed by atoms with Gasteiger partial charge >= 0.3 is 5.97 Å². The van der Waals surface area contributed by atoms with Crippen LogP contribution in [-0.2, 0) is 9.59 Å². The fourth-order valence-electron chi connectivity index (χ4n) is 1.68. The van der Waals surface area contributed by atoms with E-state index in [4.69, 9.17) is 5.11 Å². The Balaban J connectivity index is 2.73. The molecular formula is C14H19NO3. The van der Waals surface area contributed by atoms with E-state index in [1.54, 1.807) is 20.8 Å². The number of benzene rings is 1. The first-order chi connectivity index (χ1) is 8.43. The van der Waals surface area contributed by atoms with Crippen molar-refractivity contribution in [3.8, 4) is 0 Å². The van der Waals surface area contributed by atoms with Crippen LogP contribution < -0.4 is 5.32 Å². The first-order valence-corrected chi connectivity index (χ1v) is 6.01. The minimum Gasteiger partial charge on any atom is -0.480 e. The van der Waals surface area contributed by atoms with E-state index in [0.29, 0.717) is 0 Å². The SMILES string of the molecule is CC(C)[C@@H](NC(=O)[C@H](C)c1ccccc1)C(=O)O. The molecule has 0 bridgehead atoms. The lowest BCUT2D eigenvalue weighted by molar-refractivity contribution is -0.143. The molecule has 1 aromatic carbocycles. The predicted octanol–water partition coefficient (Wildman–Crippen LogP) is 2.02. The number of carboxylic acid groups (broad SMARTS) is 1. The number of carboxylic acids is 1. The van der Waals surface area contributed by atoms with Crippen molar-refractivity contribution in [1.29, 1.82) is 0 Å². The summed E-state index contributed by atoms with van der Waals surface area (Å²) in [5, 5.41) is 11.6. The average molecular weight is 249 g/mol. The summed E-state index contributed by atoms with van der Waals surface area (Å²) in [5.74, 6) is -1.76. The van der Waals surface area contributed by atoms with Gasteiger partial charge in [-0.3, -0.25) is 4.79 Å². The maximum absolute atomic E-state index is 12.0. The minimum atomic E-state index is -1.00. The van der Waals surface area contributed by atoms with E-state index < -0.39 is 12.0 Å². The van der Waals surface area contributed by atoms with Crippen LogP contribution in [0.4, 0.5) is 0 Å². The number of hydrogen-bond donors (Lipinski definition) is 2. The Morgan fingerprint density at radius 3 is 2.11 bits per heavy atom. The van der Waals surface area contributed by atoms with E-state index in [-0.39, 0.29) is 17.7 Å². The van der Waals surface area contributed by atoms with Gasteiger partial charge in [-0.2, -0.15) is 0 Å². The molecule has 0 aromatic heterocycles. The number of rotatable bonds is 5. The Bertz CT molecular complexity index is 414. The van der Waals surface area contributed by atoms with Gasteiger partial charge in [0, 0.05) is 0 Å². The van der Waals surface area contributed by atoms with Gasteiger partial charge in [0.2, 0.25) is 5.91 Å². The highest BCUT2D eigenvalue weighted by atomic mass is 16.4. The van der Waals surface area contributed by atoms with Gasteiger partial charge < -0.3 is 10.4 Å². The largest absolute Gasteiger partial charge is 0.480 e. The molecule has 1 rings (SSSR count). The lowest BCUT2D eigenvalue weighted by atomic mass is 9.98. The van der Waals surface area contributed by atoms with E-state index >= 15 is 0 Å². The summed E-state index contributed by atoms with van der Waals surface area (Å²) in [6, 6.07) is 8.46. The van der Waals surface area contributed by atoms with Crippen molar-refractivity contribution in [2.75, 3.05) is 0 Å². The van der Waals surface area contributed by atoms with Crippen LogP contribution >= 0.6 is 0 Å². The van der Waals surface area contributed by atoms with Crippen LogP contribution in [0.25, 0.3) is 0 Å². The Morgan fingerprint density at radius 1 is 1.11 bits per heavy atom. The van der Waals surface area contributed by atoms with Crippen LogP contribution in [0.3, 0.4) is 0 Å². The van der Waals surface area contributed by atoms with Crippen LogP contribution in [0.15, 0.2) is 30.3 Å². The fourth-order valence-corrected chi connectivity index (χ4v) is 1.68. The van der Waals surface area contributed by atoms with Gasteiger partial charge in [-0.25, -0.2) is 4.79 Å². The van der Waals surface area contributed by atoms with Gasteiger partial charge in [0.25, 0.3) is 0 Å². The van der Waals surface area contributed by atoms with E-state index in [1.165, 1.54) is 0 Å². The molecule has 18 heavy (non-hydrogen) atoms. The molecule has 1 amide bonds. The molecule has 98 valence electrons. The van der Waals surface area contributed by atoms with Gasteiger partial charge in [0.05, 0.1) is 5.92 Å². The predicted molar refractivity (Wildman–Crippen MR) is 69.3 cm³/mol. The number of carbonyl (C=O) groups excluding carboxylic acids is 1. The van der Waals surface area contributed by atoms with Crippen LogP contribution in [-0.4, -0.2) is 23.0 Å². The van der Waals surface area contributed by atoms with Crippen molar-refractivity contribution >= 4 is 11.9 Å². The number of amides is 1. The van der Waals surface area contributed by atoms with Crippen LogP contribution in [0.2, 0.25) is 0 Å². The zero-order valence-electron chi connectivity index (χ0n) is 10.9. The molecule has 0 fully saturated rings. The van der Waals surface area contributed by atoms with Crippen molar-refractivity contribution in [2.45, 2.75) is 32.7 Å². The molecule has 0 heterocycles. The molecule has 0 spiro atoms. The second-order valence-electron chi connectivity index (χ2n) is 4.70. The van der Waals surface area contributed by atoms with Gasteiger partial charge in [-0.15, -0.1) is 0 Å². The number of carbonyl (C=O) groups is 2. The second kappa shape index (κ2) is 6.19. The minimum absolute atomic E-state index is 0.144. The lowest BCUT2D eigenvalue weighted by Crippen LogP contribution is -2.45. The molecule has 0 aliphatic heterocycles. The quantitative estimate of drug-likeness (QED) is 0.839. The zero-order valence-corrected chi connectivity index (χ0v) is 10.9. The first kappa shape index (κ1) is 14.2. The molecule has 2 atom stereocenters. The summed E-state index contributed by atoms with van der Waals surface area (Å²) in [6.45, 7) is 5.31. The third kappa shape index (κ3) is 3.58. The zero-order chi connectivity index (χ0) is 13.7. The molecule has 4 nitrogen and oxygen atoms in total. The van der Waals surface area contributed by atoms with Crippen molar-refractivity contribution < 1.29 is 14.7 Å². The highest BCUT2D eigenvalue weighted by Gasteiger charge is 2.26. The summed E-state index contributed by atoms with van der Waals surface area (Å²) in [6.07, 6.45) is 0. The molecule has 0 unspecified atom stereocenters. The Morgan fingerprint density at radius 2 is 1.67 bits per heavy atom. The van der Waals surface area contributed by atoms with Crippen molar-refractivity contribution in [2.24, 2.45) is 5.92 Å². The molecule has 0 aliphatic carbocycles. The van der Waals surface area contributed by atoms with Crippen LogP contribution in [0.5, 0.6) is 0 Å². The molecular weight excluding hydrogens is 230 g/mol. The monoisotopic (exact) mass is 249 g/mol. The van der Waals surface area contributed by atoms with Gasteiger partial charge in [-0.05, 0) is 18.4 Å². The molecule has 0 radical (unpaired) electrons. The van der Waals surface area contributed by atoms with Gasteiger partial charge in [0.1, 0.15) is 6.04 Å². The maximum Gasteiger partial charge on any atom is 0.326 e. The number of nitrogens with one attached hydrogen (secondary N) is 1. The third-order valence-electron chi connectivity index (χ3n) is 2.92. The Labute approximate surface area is 107 Å². The van der Waals surface area contributed by atoms with E-state index in [0.717, 1.165) is 5.56 Å². The summed E-state index contributed by atoms with van der Waals surface area (Å²) < 4.78 is 0. The summed E-state index contributed by atoms with van der Waals surface area (Å²) in [7, 11) is 0. The molecule has 2 N–H and O–H groups in total. The number of hydrogen-bond acceptors (Lipinski definition) is 2. The van der Waals surface area contributed by atoms with E-state index in [1.807, 2.05) is 30.3 Å². The van der Waals surface area contributed by atoms with Gasteiger partial charge in [-0.1, -0.05) is 44.2 Å². The third-order valence-corrected chi connectivity index (χ3v) is 2.92. The van der Waals surface area contributed by atoms with E-state index in [9.17, 15) is 9.59 Å². The molecule has 1 aromatic rings. The normalized spacial score (nSPS) is 14.0. The van der Waals surface area contributed by atoms with Crippen LogP contribution in [0.1, 0.15) is 32.3 Å². The van der Waals surface area contributed by atoms with Crippen molar-refractivity contribution in [1.82, 2.24) is 5.32 Å². The van der Waals surface area contributed by atoms with Crippen molar-refractivity contribution in [3.63, 3.8) is 0 Å². The average Bonchev–Trinajstić information content (AvgIpc) is 2.35. The van der Waals surface area contributed by atoms with Gasteiger partial charge in [0.15, 0.2) is 0 Å². The lowest BCUT2D eigenvalue weighted by Gasteiger charge is -2.20. The summed E-state index contributed by atoms with van der Waals surface area (Å²) >= 11 is 0. The highest BCUT2D eigenvalue weighted by Crippen LogP contribution is 2.15. The summed E-state index contributed by atoms with van der Waals surface area (Å²) in [5.41, 5.74) is 0.878. The smallest absolute Gasteiger partial charge is 0.326 e. The molecule has 0 saturated heterocycles. The second-order valence-corrected chi connectivity index (χ2v) is 4.70. The van der Waals surface area contributed by atoms with E-state index in [2.05, 4.69) is 5.32 Å². The molecule has 0 aliphatic rings. The fraction of sp³-hybridized carbons (Fsp3) is 0.429. The Hall–Kier alpha value is -1.84. The Kier molecular flexibility index (Phi) is 4.89. The number of aliphatic carboxylic acids is 1. The van der Waals surface area contributed by atoms with Crippen molar-refractivity contribution in [3.05, 3.63) is 35.9 Å².